The molecule has 0 aromatic heterocycles. The van der Waals surface area contributed by atoms with Gasteiger partial charge in [0.25, 0.3) is 0 Å². The van der Waals surface area contributed by atoms with Crippen LogP contribution in [0.1, 0.15) is 44.1 Å². The Morgan fingerprint density at radius 1 is 1.03 bits per heavy atom. The van der Waals surface area contributed by atoms with E-state index in [1.807, 2.05) is 18.2 Å². The molecule has 1 aliphatic carbocycles. The van der Waals surface area contributed by atoms with Gasteiger partial charge in [0, 0.05) is 12.6 Å². The molecule has 0 bridgehead atoms. The summed E-state index contributed by atoms with van der Waals surface area (Å²) in [7, 11) is -1.35. The first kappa shape index (κ1) is 23.5. The van der Waals surface area contributed by atoms with E-state index in [2.05, 4.69) is 41.7 Å². The van der Waals surface area contributed by atoms with E-state index in [0.717, 1.165) is 25.8 Å². The third-order valence-corrected chi connectivity index (χ3v) is 6.52. The maximum absolute atomic E-state index is 11.9. The largest absolute Gasteiger partial charge is 0.480 e. The van der Waals surface area contributed by atoms with Crippen molar-refractivity contribution >= 4 is 13.1 Å². The van der Waals surface area contributed by atoms with E-state index in [0.29, 0.717) is 19.3 Å². The molecule has 0 heterocycles. The Labute approximate surface area is 184 Å². The van der Waals surface area contributed by atoms with E-state index in [1.54, 1.807) is 0 Å². The fourth-order valence-corrected chi connectivity index (χ4v) is 4.57. The van der Waals surface area contributed by atoms with Crippen molar-refractivity contribution in [2.24, 2.45) is 11.7 Å². The molecule has 31 heavy (non-hydrogen) atoms. The molecule has 0 aliphatic heterocycles. The van der Waals surface area contributed by atoms with Crippen LogP contribution in [0.5, 0.6) is 0 Å². The first-order chi connectivity index (χ1) is 14.9. The van der Waals surface area contributed by atoms with Gasteiger partial charge in [-0.15, -0.1) is 0 Å². The van der Waals surface area contributed by atoms with Gasteiger partial charge in [-0.25, -0.2) is 0 Å². The molecule has 1 aliphatic rings. The standard InChI is InChI=1S/C24H33BN2O4/c26-24(23(28)29,14-4-5-15-25(30)31)21-12-13-22(16-21)27-17-18-8-10-20(11-9-18)19-6-2-1-3-7-19/h1-3,6-11,21-22,27,30-31H,4-5,12-17,26H2,(H,28,29)/t21-,22-,24?/m0/s1. The lowest BCUT2D eigenvalue weighted by molar-refractivity contribution is -0.146. The molecule has 7 heteroatoms. The Morgan fingerprint density at radius 3 is 2.35 bits per heavy atom. The zero-order valence-electron chi connectivity index (χ0n) is 17.9. The Kier molecular flexibility index (Phi) is 8.26. The molecular weight excluding hydrogens is 391 g/mol. The minimum Gasteiger partial charge on any atom is -0.480 e. The zero-order valence-corrected chi connectivity index (χ0v) is 17.9. The molecule has 1 unspecified atom stereocenters. The quantitative estimate of drug-likeness (QED) is 0.280. The fraction of sp³-hybridized carbons (Fsp3) is 0.458. The summed E-state index contributed by atoms with van der Waals surface area (Å²) in [4.78, 5) is 11.9. The number of carbonyl (C=O) groups is 1. The Morgan fingerprint density at radius 2 is 1.71 bits per heavy atom. The van der Waals surface area contributed by atoms with E-state index in [4.69, 9.17) is 15.8 Å². The van der Waals surface area contributed by atoms with Crippen LogP contribution in [0.3, 0.4) is 0 Å². The Hall–Kier alpha value is -2.19. The molecule has 3 rings (SSSR count). The number of benzene rings is 2. The van der Waals surface area contributed by atoms with Crippen molar-refractivity contribution in [3.8, 4) is 11.1 Å². The van der Waals surface area contributed by atoms with Crippen LogP contribution in [0, 0.1) is 5.92 Å². The average Bonchev–Trinajstić information content (AvgIpc) is 3.25. The van der Waals surface area contributed by atoms with Gasteiger partial charge in [-0.1, -0.05) is 67.4 Å². The summed E-state index contributed by atoms with van der Waals surface area (Å²) in [6, 6.07) is 19.0. The minimum atomic E-state index is -1.35. The summed E-state index contributed by atoms with van der Waals surface area (Å²) in [6.45, 7) is 0.742. The molecule has 3 atom stereocenters. The molecule has 0 spiro atoms. The van der Waals surface area contributed by atoms with Crippen molar-refractivity contribution in [3.05, 3.63) is 60.2 Å². The van der Waals surface area contributed by atoms with Gasteiger partial charge in [-0.3, -0.25) is 4.79 Å². The van der Waals surface area contributed by atoms with E-state index in [9.17, 15) is 9.90 Å². The maximum atomic E-state index is 11.9. The molecule has 6 N–H and O–H groups in total. The highest BCUT2D eigenvalue weighted by Crippen LogP contribution is 2.36. The highest BCUT2D eigenvalue weighted by atomic mass is 16.4. The Balaban J connectivity index is 1.50. The first-order valence-electron chi connectivity index (χ1n) is 11.1. The summed E-state index contributed by atoms with van der Waals surface area (Å²) in [6.07, 6.45) is 4.17. The third-order valence-electron chi connectivity index (χ3n) is 6.52. The molecule has 0 saturated heterocycles. The van der Waals surface area contributed by atoms with Crippen LogP contribution in [0.2, 0.25) is 6.32 Å². The van der Waals surface area contributed by atoms with Gasteiger partial charge >= 0.3 is 13.1 Å². The van der Waals surface area contributed by atoms with Crippen molar-refractivity contribution in [2.75, 3.05) is 0 Å². The lowest BCUT2D eigenvalue weighted by atomic mass is 9.77. The van der Waals surface area contributed by atoms with Crippen LogP contribution in [0.4, 0.5) is 0 Å². The number of carboxylic acid groups (broad SMARTS) is 1. The Bertz CT molecular complexity index is 831. The van der Waals surface area contributed by atoms with Gasteiger partial charge in [0.1, 0.15) is 5.54 Å². The third kappa shape index (κ3) is 6.40. The maximum Gasteiger partial charge on any atom is 0.451 e. The number of nitrogens with two attached hydrogens (primary N) is 1. The first-order valence-corrected chi connectivity index (χ1v) is 11.1. The van der Waals surface area contributed by atoms with Crippen molar-refractivity contribution in [1.29, 1.82) is 0 Å². The van der Waals surface area contributed by atoms with Gasteiger partial charge in [0.15, 0.2) is 0 Å². The van der Waals surface area contributed by atoms with Crippen LogP contribution in [-0.2, 0) is 11.3 Å². The topological polar surface area (TPSA) is 116 Å². The molecule has 2 aromatic carbocycles. The lowest BCUT2D eigenvalue weighted by Gasteiger charge is -2.31. The molecule has 166 valence electrons. The van der Waals surface area contributed by atoms with Crippen LogP contribution in [0.15, 0.2) is 54.6 Å². The average molecular weight is 424 g/mol. The van der Waals surface area contributed by atoms with E-state index < -0.39 is 18.6 Å². The highest BCUT2D eigenvalue weighted by Gasteiger charge is 2.45. The number of aliphatic carboxylic acids is 1. The zero-order chi connectivity index (χ0) is 22.3. The normalized spacial score (nSPS) is 20.4. The lowest BCUT2D eigenvalue weighted by Crippen LogP contribution is -2.53. The van der Waals surface area contributed by atoms with E-state index in [-0.39, 0.29) is 18.3 Å². The van der Waals surface area contributed by atoms with Gasteiger partial charge in [0.2, 0.25) is 0 Å². The SMILES string of the molecule is NC(CCCCB(O)O)(C(=O)O)[C@H]1CC[C@H](NCc2ccc(-c3ccccc3)cc2)C1. The molecule has 1 saturated carbocycles. The van der Waals surface area contributed by atoms with Crippen molar-refractivity contribution in [3.63, 3.8) is 0 Å². The molecule has 1 fully saturated rings. The molecule has 2 aromatic rings. The summed E-state index contributed by atoms with van der Waals surface area (Å²) >= 11 is 0. The predicted molar refractivity (Wildman–Crippen MR) is 123 cm³/mol. The monoisotopic (exact) mass is 424 g/mol. The number of hydrogen-bond donors (Lipinski definition) is 5. The van der Waals surface area contributed by atoms with E-state index >= 15 is 0 Å². The summed E-state index contributed by atoms with van der Waals surface area (Å²) in [5.74, 6) is -1.04. The second-order valence-electron chi connectivity index (χ2n) is 8.72. The minimum absolute atomic E-state index is 0.0815. The second kappa shape index (κ2) is 10.9. The number of carboxylic acids is 1. The number of nitrogens with one attached hydrogen (secondary N) is 1. The smallest absolute Gasteiger partial charge is 0.451 e. The number of hydrogen-bond acceptors (Lipinski definition) is 5. The highest BCUT2D eigenvalue weighted by molar-refractivity contribution is 6.40. The number of unbranched alkanes of at least 4 members (excludes halogenated alkanes) is 1. The molecule has 6 nitrogen and oxygen atoms in total. The van der Waals surface area contributed by atoms with Crippen LogP contribution in [-0.4, -0.2) is 39.8 Å². The second-order valence-corrected chi connectivity index (χ2v) is 8.72. The van der Waals surface area contributed by atoms with Gasteiger partial charge < -0.3 is 26.2 Å². The summed E-state index contributed by atoms with van der Waals surface area (Å²) < 4.78 is 0. The number of rotatable bonds is 11. The van der Waals surface area contributed by atoms with Crippen LogP contribution in [0.25, 0.3) is 11.1 Å². The van der Waals surface area contributed by atoms with Gasteiger partial charge in [-0.05, 0) is 54.6 Å². The van der Waals surface area contributed by atoms with E-state index in [1.165, 1.54) is 16.7 Å². The summed E-state index contributed by atoms with van der Waals surface area (Å²) in [5.41, 5.74) is 8.68. The molecule has 0 amide bonds. The van der Waals surface area contributed by atoms with Crippen LogP contribution < -0.4 is 11.1 Å². The fourth-order valence-electron chi connectivity index (χ4n) is 4.57. The van der Waals surface area contributed by atoms with Crippen molar-refractivity contribution in [2.45, 2.75) is 63.0 Å². The summed E-state index contributed by atoms with van der Waals surface area (Å²) in [5, 5.41) is 31.3. The van der Waals surface area contributed by atoms with Gasteiger partial charge in [0.05, 0.1) is 0 Å². The van der Waals surface area contributed by atoms with Crippen molar-refractivity contribution < 1.29 is 19.9 Å². The predicted octanol–water partition coefficient (Wildman–Crippen LogP) is 3.04. The van der Waals surface area contributed by atoms with Crippen molar-refractivity contribution in [1.82, 2.24) is 5.32 Å². The molecule has 0 radical (unpaired) electrons. The van der Waals surface area contributed by atoms with Gasteiger partial charge in [-0.2, -0.15) is 0 Å². The van der Waals surface area contributed by atoms with Crippen LogP contribution >= 0.6 is 0 Å². The molecular formula is C24H33BN2O4.